The second-order valence-electron chi connectivity index (χ2n) is 3.67. The minimum atomic E-state index is -0.388. The second-order valence-corrected chi connectivity index (χ2v) is 5.27. The molecule has 1 unspecified atom stereocenters. The molecule has 0 aliphatic carbocycles. The summed E-state index contributed by atoms with van der Waals surface area (Å²) in [5.41, 5.74) is 4.58. The van der Waals surface area contributed by atoms with Gasteiger partial charge in [0, 0.05) is 9.85 Å². The van der Waals surface area contributed by atoms with Crippen molar-refractivity contribution in [2.75, 3.05) is 7.11 Å². The van der Waals surface area contributed by atoms with Crippen LogP contribution in [0, 0.1) is 5.82 Å². The van der Waals surface area contributed by atoms with Crippen LogP contribution in [-0.2, 0) is 0 Å². The number of nitrogens with two attached hydrogens (primary N) is 1. The number of benzene rings is 1. The van der Waals surface area contributed by atoms with Crippen LogP contribution in [-0.4, -0.2) is 7.11 Å². The summed E-state index contributed by atoms with van der Waals surface area (Å²) in [5, 5.41) is 3.96. The lowest BCUT2D eigenvalue weighted by molar-refractivity contribution is 0.385. The van der Waals surface area contributed by atoms with Gasteiger partial charge in [-0.1, -0.05) is 6.07 Å². The Morgan fingerprint density at radius 1 is 1.44 bits per heavy atom. The number of nitrogens with one attached hydrogen (secondary N) is 1. The lowest BCUT2D eigenvalue weighted by Gasteiger charge is -2.17. The number of hydrazine groups is 1. The highest BCUT2D eigenvalue weighted by atomic mass is 79.9. The summed E-state index contributed by atoms with van der Waals surface area (Å²) in [6, 6.07) is 4.50. The van der Waals surface area contributed by atoms with Gasteiger partial charge in [-0.25, -0.2) is 9.82 Å². The van der Waals surface area contributed by atoms with Crippen molar-refractivity contribution in [2.45, 2.75) is 6.04 Å². The second kappa shape index (κ2) is 5.79. The molecule has 2 aromatic rings. The largest absolute Gasteiger partial charge is 0.494 e. The van der Waals surface area contributed by atoms with Gasteiger partial charge >= 0.3 is 0 Å². The fourth-order valence-corrected chi connectivity index (χ4v) is 3.27. The number of thiophene rings is 1. The SMILES string of the molecule is COc1cc(C(NN)c2cscc2Br)ccc1F. The van der Waals surface area contributed by atoms with E-state index in [4.69, 9.17) is 10.6 Å². The molecule has 0 aliphatic rings. The molecule has 3 nitrogen and oxygen atoms in total. The zero-order valence-electron chi connectivity index (χ0n) is 9.61. The Morgan fingerprint density at radius 2 is 2.22 bits per heavy atom. The van der Waals surface area contributed by atoms with Crippen molar-refractivity contribution < 1.29 is 9.13 Å². The van der Waals surface area contributed by atoms with Crippen molar-refractivity contribution in [1.82, 2.24) is 5.43 Å². The molecule has 18 heavy (non-hydrogen) atoms. The smallest absolute Gasteiger partial charge is 0.165 e. The normalized spacial score (nSPS) is 12.4. The van der Waals surface area contributed by atoms with Crippen LogP contribution >= 0.6 is 27.3 Å². The van der Waals surface area contributed by atoms with Crippen molar-refractivity contribution in [3.05, 3.63) is 50.4 Å². The molecular weight excluding hydrogens is 319 g/mol. The molecule has 0 aliphatic heterocycles. The van der Waals surface area contributed by atoms with Gasteiger partial charge in [-0.15, -0.1) is 0 Å². The van der Waals surface area contributed by atoms with Crippen LogP contribution in [0.2, 0.25) is 0 Å². The van der Waals surface area contributed by atoms with E-state index in [1.807, 2.05) is 10.8 Å². The lowest BCUT2D eigenvalue weighted by atomic mass is 10.0. The summed E-state index contributed by atoms with van der Waals surface area (Å²) < 4.78 is 19.3. The van der Waals surface area contributed by atoms with E-state index < -0.39 is 0 Å². The highest BCUT2D eigenvalue weighted by Crippen LogP contribution is 2.32. The average molecular weight is 331 g/mol. The highest BCUT2D eigenvalue weighted by Gasteiger charge is 2.17. The third kappa shape index (κ3) is 2.56. The van der Waals surface area contributed by atoms with Crippen LogP contribution in [0.1, 0.15) is 17.2 Å². The maximum absolute atomic E-state index is 13.4. The molecule has 1 heterocycles. The summed E-state index contributed by atoms with van der Waals surface area (Å²) in [5.74, 6) is 5.41. The molecule has 0 saturated carbocycles. The lowest BCUT2D eigenvalue weighted by Crippen LogP contribution is -2.28. The molecule has 96 valence electrons. The van der Waals surface area contributed by atoms with Gasteiger partial charge in [-0.05, 0) is 44.6 Å². The van der Waals surface area contributed by atoms with Crippen molar-refractivity contribution in [1.29, 1.82) is 0 Å². The number of methoxy groups -OCH3 is 1. The topological polar surface area (TPSA) is 47.3 Å². The van der Waals surface area contributed by atoms with Gasteiger partial charge in [0.1, 0.15) is 0 Å². The molecule has 1 atom stereocenters. The summed E-state index contributed by atoms with van der Waals surface area (Å²) in [4.78, 5) is 0. The third-order valence-corrected chi connectivity index (χ3v) is 4.38. The fourth-order valence-electron chi connectivity index (χ4n) is 1.72. The van der Waals surface area contributed by atoms with E-state index in [2.05, 4.69) is 21.4 Å². The summed E-state index contributed by atoms with van der Waals surface area (Å²) >= 11 is 5.03. The van der Waals surface area contributed by atoms with Gasteiger partial charge in [0.05, 0.1) is 13.2 Å². The molecule has 0 fully saturated rings. The molecule has 1 aromatic heterocycles. The van der Waals surface area contributed by atoms with Gasteiger partial charge in [0.25, 0.3) is 0 Å². The quantitative estimate of drug-likeness (QED) is 0.668. The number of ether oxygens (including phenoxy) is 1. The zero-order valence-corrected chi connectivity index (χ0v) is 12.0. The number of hydrogen-bond acceptors (Lipinski definition) is 4. The average Bonchev–Trinajstić information content (AvgIpc) is 2.79. The predicted octanol–water partition coefficient (Wildman–Crippen LogP) is 3.21. The fraction of sp³-hybridized carbons (Fsp3) is 0.167. The number of rotatable bonds is 4. The molecular formula is C12H12BrFN2OS. The van der Waals surface area contributed by atoms with E-state index in [-0.39, 0.29) is 17.6 Å². The first-order valence-corrected chi connectivity index (χ1v) is 6.92. The van der Waals surface area contributed by atoms with Crippen LogP contribution in [0.3, 0.4) is 0 Å². The van der Waals surface area contributed by atoms with Crippen LogP contribution in [0.25, 0.3) is 0 Å². The first kappa shape index (κ1) is 13.5. The number of halogens is 2. The van der Waals surface area contributed by atoms with E-state index in [9.17, 15) is 4.39 Å². The molecule has 2 rings (SSSR count). The Labute approximate surface area is 117 Å². The maximum atomic E-state index is 13.4. The Bertz CT molecular complexity index is 547. The molecule has 0 spiro atoms. The van der Waals surface area contributed by atoms with Gasteiger partial charge < -0.3 is 4.74 Å². The van der Waals surface area contributed by atoms with E-state index in [1.165, 1.54) is 13.2 Å². The van der Waals surface area contributed by atoms with Gasteiger partial charge in [-0.2, -0.15) is 11.3 Å². The van der Waals surface area contributed by atoms with Crippen LogP contribution in [0.15, 0.2) is 33.4 Å². The molecule has 3 N–H and O–H groups in total. The molecule has 6 heteroatoms. The monoisotopic (exact) mass is 330 g/mol. The van der Waals surface area contributed by atoms with Crippen molar-refractivity contribution >= 4 is 27.3 Å². The van der Waals surface area contributed by atoms with Crippen LogP contribution < -0.4 is 16.0 Å². The Hall–Kier alpha value is -0.950. The van der Waals surface area contributed by atoms with E-state index in [1.54, 1.807) is 23.5 Å². The van der Waals surface area contributed by atoms with Crippen molar-refractivity contribution in [3.63, 3.8) is 0 Å². The van der Waals surface area contributed by atoms with Crippen LogP contribution in [0.4, 0.5) is 4.39 Å². The van der Waals surface area contributed by atoms with Crippen molar-refractivity contribution in [3.8, 4) is 5.75 Å². The van der Waals surface area contributed by atoms with Crippen LogP contribution in [0.5, 0.6) is 5.75 Å². The van der Waals surface area contributed by atoms with E-state index in [0.717, 1.165) is 15.6 Å². The van der Waals surface area contributed by atoms with Gasteiger partial charge in [0.2, 0.25) is 0 Å². The molecule has 0 radical (unpaired) electrons. The standard InChI is InChI=1S/C12H12BrFN2OS/c1-17-11-4-7(2-3-10(11)14)12(16-15)8-5-18-6-9(8)13/h2-6,12,16H,15H2,1H3. The van der Waals surface area contributed by atoms with Gasteiger partial charge in [0.15, 0.2) is 11.6 Å². The first-order chi connectivity index (χ1) is 8.67. The Kier molecular flexibility index (Phi) is 4.34. The highest BCUT2D eigenvalue weighted by molar-refractivity contribution is 9.10. The Balaban J connectivity index is 2.42. The van der Waals surface area contributed by atoms with Gasteiger partial charge in [-0.3, -0.25) is 5.84 Å². The Morgan fingerprint density at radius 3 is 2.78 bits per heavy atom. The van der Waals surface area contributed by atoms with E-state index in [0.29, 0.717) is 0 Å². The molecule has 1 aromatic carbocycles. The van der Waals surface area contributed by atoms with Crippen molar-refractivity contribution in [2.24, 2.45) is 5.84 Å². The molecule has 0 saturated heterocycles. The first-order valence-electron chi connectivity index (χ1n) is 5.18. The summed E-state index contributed by atoms with van der Waals surface area (Å²) in [6.45, 7) is 0. The minimum absolute atomic E-state index is 0.208. The zero-order chi connectivity index (χ0) is 13.1. The minimum Gasteiger partial charge on any atom is -0.494 e. The number of hydrogen-bond donors (Lipinski definition) is 2. The van der Waals surface area contributed by atoms with E-state index >= 15 is 0 Å². The summed E-state index contributed by atoms with van der Waals surface area (Å²) in [6.07, 6.45) is 0. The maximum Gasteiger partial charge on any atom is 0.165 e. The molecule has 0 amide bonds. The summed E-state index contributed by atoms with van der Waals surface area (Å²) in [7, 11) is 1.44. The third-order valence-electron chi connectivity index (χ3n) is 2.63. The molecule has 0 bridgehead atoms. The predicted molar refractivity (Wildman–Crippen MR) is 74.1 cm³/mol.